The van der Waals surface area contributed by atoms with Gasteiger partial charge in [0, 0.05) is 0 Å². The molecule has 0 saturated heterocycles. The summed E-state index contributed by atoms with van der Waals surface area (Å²) in [6.45, 7) is 5.92. The Morgan fingerprint density at radius 2 is 0.864 bits per heavy atom. The van der Waals surface area contributed by atoms with Gasteiger partial charge in [0.1, 0.15) is 0 Å². The molecular formula is C17H24N4Ti. The van der Waals surface area contributed by atoms with Gasteiger partial charge in [-0.05, 0) is 0 Å². The van der Waals surface area contributed by atoms with Gasteiger partial charge < -0.3 is 20.3 Å². The fourth-order valence-corrected chi connectivity index (χ4v) is 1.16. The van der Waals surface area contributed by atoms with E-state index in [1.165, 1.54) is 0 Å². The third-order valence-electron chi connectivity index (χ3n) is 2.10. The summed E-state index contributed by atoms with van der Waals surface area (Å²) in [5.41, 5.74) is 3.28. The van der Waals surface area contributed by atoms with Crippen molar-refractivity contribution in [3.05, 3.63) is 77.4 Å². The molecule has 0 N–H and O–H groups in total. The zero-order valence-corrected chi connectivity index (χ0v) is 15.5. The molecule has 4 nitrogen and oxygen atoms in total. The van der Waals surface area contributed by atoms with Crippen LogP contribution >= 0.6 is 0 Å². The maximum Gasteiger partial charge on any atom is 4.00 e. The number of aromatic nitrogens is 3. The molecule has 0 fully saturated rings. The Bertz CT molecular complexity index is 422. The average Bonchev–Trinajstić information content (AvgIpc) is 3.17. The Morgan fingerprint density at radius 3 is 0.909 bits per heavy atom. The van der Waals surface area contributed by atoms with Crippen LogP contribution in [0.5, 0.6) is 0 Å². The monoisotopic (exact) mass is 332 g/mol. The zero-order chi connectivity index (χ0) is 15.9. The molecule has 5 heteroatoms. The van der Waals surface area contributed by atoms with Gasteiger partial charge in [0.2, 0.25) is 0 Å². The van der Waals surface area contributed by atoms with Gasteiger partial charge in [-0.3, -0.25) is 0 Å². The predicted octanol–water partition coefficient (Wildman–Crippen LogP) is 3.47. The van der Waals surface area contributed by atoms with Crippen molar-refractivity contribution in [2.45, 2.75) is 20.8 Å². The Kier molecular flexibility index (Phi) is 16.5. The van der Waals surface area contributed by atoms with Crippen LogP contribution < -0.4 is 15.0 Å². The van der Waals surface area contributed by atoms with Crippen LogP contribution in [0, 0.1) is 20.8 Å². The summed E-state index contributed by atoms with van der Waals surface area (Å²) in [6, 6.07) is 11.7. The van der Waals surface area contributed by atoms with Crippen LogP contribution in [0.4, 0.5) is 0 Å². The SMILES string of the molecule is C[N-]C.Cc1ccc[n-]1.Cc1ccc[n-]1.Cc1ccc[n-]1.[Ti+4]. The van der Waals surface area contributed by atoms with Crippen LogP contribution in [0.25, 0.3) is 5.32 Å². The van der Waals surface area contributed by atoms with Crippen molar-refractivity contribution in [1.29, 1.82) is 0 Å². The van der Waals surface area contributed by atoms with Crippen molar-refractivity contribution in [2.24, 2.45) is 0 Å². The first-order valence-corrected chi connectivity index (χ1v) is 6.71. The summed E-state index contributed by atoms with van der Waals surface area (Å²) in [5.74, 6) is 0. The van der Waals surface area contributed by atoms with E-state index in [2.05, 4.69) is 20.3 Å². The van der Waals surface area contributed by atoms with Crippen molar-refractivity contribution in [1.82, 2.24) is 15.0 Å². The molecule has 0 aromatic carbocycles. The smallest absolute Gasteiger partial charge is 0.668 e. The van der Waals surface area contributed by atoms with E-state index in [0.29, 0.717) is 0 Å². The molecule has 3 aromatic heterocycles. The number of aryl methyl sites for hydroxylation is 3. The van der Waals surface area contributed by atoms with Gasteiger partial charge >= 0.3 is 21.7 Å². The molecule has 116 valence electrons. The van der Waals surface area contributed by atoms with Crippen molar-refractivity contribution in [2.75, 3.05) is 14.1 Å². The minimum atomic E-state index is 0. The third kappa shape index (κ3) is 14.9. The molecule has 3 aromatic rings. The number of hydrogen-bond donors (Lipinski definition) is 0. The molecule has 0 radical (unpaired) electrons. The molecule has 0 saturated carbocycles. The summed E-state index contributed by atoms with van der Waals surface area (Å²) in [7, 11) is 3.50. The standard InChI is InChI=1S/3C5H6N.C2H6N.Ti/c3*1-5-3-2-4-6-5;1-3-2;/h3*2-4H,1H3;1-2H3;/q4*-1;+4. The van der Waals surface area contributed by atoms with E-state index in [-0.39, 0.29) is 21.7 Å². The molecule has 0 unspecified atom stereocenters. The largest absolute Gasteiger partial charge is 4.00 e. The molecule has 0 bridgehead atoms. The Morgan fingerprint density at radius 1 is 0.636 bits per heavy atom. The van der Waals surface area contributed by atoms with Crippen LogP contribution in [0.1, 0.15) is 17.1 Å². The molecule has 0 aliphatic rings. The maximum absolute atomic E-state index is 3.92. The molecule has 0 amide bonds. The van der Waals surface area contributed by atoms with E-state index in [1.54, 1.807) is 32.7 Å². The summed E-state index contributed by atoms with van der Waals surface area (Å²) in [5, 5.41) is 3.50. The van der Waals surface area contributed by atoms with Crippen molar-refractivity contribution < 1.29 is 21.7 Å². The molecule has 0 aliphatic carbocycles. The molecule has 3 heterocycles. The molecule has 3 rings (SSSR count). The first-order valence-electron chi connectivity index (χ1n) is 6.71. The van der Waals surface area contributed by atoms with Crippen molar-refractivity contribution >= 4 is 0 Å². The van der Waals surface area contributed by atoms with Crippen LogP contribution in [0.3, 0.4) is 0 Å². The second kappa shape index (κ2) is 15.9. The van der Waals surface area contributed by atoms with E-state index in [1.807, 2.05) is 57.2 Å². The normalized spacial score (nSPS) is 8.05. The van der Waals surface area contributed by atoms with Gasteiger partial charge in [0.25, 0.3) is 0 Å². The number of hydrogen-bond acceptors (Lipinski definition) is 0. The van der Waals surface area contributed by atoms with E-state index in [0.717, 1.165) is 17.1 Å². The second-order valence-electron chi connectivity index (χ2n) is 4.28. The minimum absolute atomic E-state index is 0. The molecule has 0 aliphatic heterocycles. The van der Waals surface area contributed by atoms with Crippen molar-refractivity contribution in [3.8, 4) is 0 Å². The van der Waals surface area contributed by atoms with Gasteiger partial charge in [-0.15, -0.1) is 0 Å². The van der Waals surface area contributed by atoms with Crippen LogP contribution in [0.2, 0.25) is 0 Å². The molecule has 22 heavy (non-hydrogen) atoms. The first-order chi connectivity index (χ1) is 10.1. The van der Waals surface area contributed by atoms with Gasteiger partial charge in [0.05, 0.1) is 0 Å². The Hall–Kier alpha value is -1.49. The van der Waals surface area contributed by atoms with Crippen LogP contribution in [0.15, 0.2) is 55.0 Å². The van der Waals surface area contributed by atoms with E-state index in [4.69, 9.17) is 0 Å². The number of nitrogens with zero attached hydrogens (tertiary/aromatic N) is 4. The van der Waals surface area contributed by atoms with Gasteiger partial charge in [-0.2, -0.15) is 49.8 Å². The molecular weight excluding hydrogens is 308 g/mol. The summed E-state index contributed by atoms with van der Waals surface area (Å²) >= 11 is 0. The summed E-state index contributed by atoms with van der Waals surface area (Å²) in [6.07, 6.45) is 5.36. The van der Waals surface area contributed by atoms with E-state index < -0.39 is 0 Å². The fraction of sp³-hybridized carbons (Fsp3) is 0.294. The van der Waals surface area contributed by atoms with Gasteiger partial charge in [-0.25, -0.2) is 0 Å². The quantitative estimate of drug-likeness (QED) is 0.592. The zero-order valence-electron chi connectivity index (χ0n) is 14.0. The summed E-state index contributed by atoms with van der Waals surface area (Å²) < 4.78 is 0. The van der Waals surface area contributed by atoms with Gasteiger partial charge in [0.15, 0.2) is 0 Å². The number of rotatable bonds is 0. The minimum Gasteiger partial charge on any atom is -0.668 e. The van der Waals surface area contributed by atoms with Crippen LogP contribution in [-0.4, -0.2) is 14.1 Å². The molecule has 0 atom stereocenters. The Balaban J connectivity index is 0. The Labute approximate surface area is 149 Å². The van der Waals surface area contributed by atoms with Gasteiger partial charge in [-0.1, -0.05) is 57.2 Å². The third-order valence-corrected chi connectivity index (χ3v) is 2.10. The van der Waals surface area contributed by atoms with Crippen molar-refractivity contribution in [3.63, 3.8) is 0 Å². The second-order valence-corrected chi connectivity index (χ2v) is 4.28. The average molecular weight is 332 g/mol. The molecule has 0 spiro atoms. The fourth-order valence-electron chi connectivity index (χ4n) is 1.16. The topological polar surface area (TPSA) is 56.4 Å². The first kappa shape index (κ1) is 22.8. The maximum atomic E-state index is 3.92. The van der Waals surface area contributed by atoms with Crippen LogP contribution in [-0.2, 0) is 21.7 Å². The van der Waals surface area contributed by atoms with E-state index >= 15 is 0 Å². The van der Waals surface area contributed by atoms with E-state index in [9.17, 15) is 0 Å². The predicted molar refractivity (Wildman–Crippen MR) is 88.7 cm³/mol. The summed E-state index contributed by atoms with van der Waals surface area (Å²) in [4.78, 5) is 11.8.